The molecule has 0 aliphatic rings. The number of amides is 1. The highest BCUT2D eigenvalue weighted by atomic mass is 35.5. The molecule has 0 saturated heterocycles. The molecule has 0 aliphatic heterocycles. The van der Waals surface area contributed by atoms with Crippen molar-refractivity contribution in [2.45, 2.75) is 0 Å². The van der Waals surface area contributed by atoms with Gasteiger partial charge in [0.25, 0.3) is 0 Å². The van der Waals surface area contributed by atoms with Crippen LogP contribution in [0.2, 0.25) is 5.02 Å². The van der Waals surface area contributed by atoms with Gasteiger partial charge in [-0.05, 0) is 24.3 Å². The number of nitrogens with zero attached hydrogens (tertiary/aromatic N) is 3. The lowest BCUT2D eigenvalue weighted by atomic mass is 10.1. The smallest absolute Gasteiger partial charge is 0.249 e. The van der Waals surface area contributed by atoms with E-state index in [0.29, 0.717) is 47.1 Å². The lowest BCUT2D eigenvalue weighted by Gasteiger charge is -2.15. The van der Waals surface area contributed by atoms with Crippen LogP contribution in [0.1, 0.15) is 0 Å². The molecular weight excluding hydrogens is 437 g/mol. The molecule has 0 saturated carbocycles. The minimum Gasteiger partial charge on any atom is -0.489 e. The van der Waals surface area contributed by atoms with Gasteiger partial charge in [0.2, 0.25) is 5.91 Å². The minimum atomic E-state index is -0.515. The molecule has 0 atom stereocenters. The summed E-state index contributed by atoms with van der Waals surface area (Å²) < 4.78 is 24.3. The standard InChI is InChI=1S/C22H23ClFN5O3/c1-29(2)7-6-21(30)28-19-11-15-18(12-20(19)32-9-8-31-3)25-13-26-22(15)27-14-4-5-17(24)16(23)10-14/h4-7,10-13H,8-9H2,1-3H3,(H,28,30)(H,25,26,27)/b7-6+. The van der Waals surface area contributed by atoms with Crippen molar-refractivity contribution in [3.8, 4) is 5.75 Å². The van der Waals surface area contributed by atoms with Crippen molar-refractivity contribution >= 4 is 45.6 Å². The summed E-state index contributed by atoms with van der Waals surface area (Å²) in [5.41, 5.74) is 1.58. The van der Waals surface area contributed by atoms with E-state index in [9.17, 15) is 9.18 Å². The first-order valence-corrected chi connectivity index (χ1v) is 10.0. The van der Waals surface area contributed by atoms with E-state index in [1.807, 2.05) is 14.1 Å². The molecule has 0 bridgehead atoms. The van der Waals surface area contributed by atoms with Gasteiger partial charge in [-0.2, -0.15) is 0 Å². The Balaban J connectivity index is 1.99. The Hall–Kier alpha value is -3.43. The number of benzene rings is 2. The summed E-state index contributed by atoms with van der Waals surface area (Å²) in [5, 5.41) is 6.54. The van der Waals surface area contributed by atoms with Gasteiger partial charge in [0, 0.05) is 50.6 Å². The van der Waals surface area contributed by atoms with E-state index < -0.39 is 5.82 Å². The summed E-state index contributed by atoms with van der Waals surface area (Å²) in [4.78, 5) is 22.7. The van der Waals surface area contributed by atoms with E-state index in [0.717, 1.165) is 0 Å². The Bertz CT molecular complexity index is 1140. The fraction of sp³-hybridized carbons (Fsp3) is 0.227. The number of ether oxygens (including phenoxy) is 2. The summed E-state index contributed by atoms with van der Waals surface area (Å²) in [6.07, 6.45) is 4.44. The largest absolute Gasteiger partial charge is 0.489 e. The summed E-state index contributed by atoms with van der Waals surface area (Å²) in [6.45, 7) is 0.677. The first-order valence-electron chi connectivity index (χ1n) is 9.65. The Labute approximate surface area is 190 Å². The zero-order chi connectivity index (χ0) is 23.1. The summed E-state index contributed by atoms with van der Waals surface area (Å²) in [5.74, 6) is 0.0563. The zero-order valence-electron chi connectivity index (χ0n) is 17.9. The highest BCUT2D eigenvalue weighted by molar-refractivity contribution is 6.31. The molecule has 2 aromatic carbocycles. The number of aromatic nitrogens is 2. The van der Waals surface area contributed by atoms with E-state index in [1.165, 1.54) is 24.5 Å². The van der Waals surface area contributed by atoms with Crippen LogP contribution in [0.4, 0.5) is 21.6 Å². The lowest BCUT2D eigenvalue weighted by Crippen LogP contribution is -2.13. The molecule has 0 unspecified atom stereocenters. The molecule has 168 valence electrons. The molecule has 32 heavy (non-hydrogen) atoms. The third-order valence-corrected chi connectivity index (χ3v) is 4.54. The number of methoxy groups -OCH3 is 1. The van der Waals surface area contributed by atoms with Crippen LogP contribution in [0.15, 0.2) is 48.9 Å². The number of carbonyl (C=O) groups excluding carboxylic acids is 1. The number of rotatable bonds is 9. The van der Waals surface area contributed by atoms with Gasteiger partial charge >= 0.3 is 0 Å². The van der Waals surface area contributed by atoms with Crippen LogP contribution in [0.25, 0.3) is 10.9 Å². The van der Waals surface area contributed by atoms with Crippen molar-refractivity contribution in [3.63, 3.8) is 0 Å². The number of hydrogen-bond donors (Lipinski definition) is 2. The first-order chi connectivity index (χ1) is 15.4. The molecular formula is C22H23ClFN5O3. The molecule has 0 fully saturated rings. The van der Waals surface area contributed by atoms with E-state index in [-0.39, 0.29) is 10.9 Å². The second-order valence-corrected chi connectivity index (χ2v) is 7.36. The van der Waals surface area contributed by atoms with E-state index in [2.05, 4.69) is 20.6 Å². The maximum absolute atomic E-state index is 13.5. The average Bonchev–Trinajstić information content (AvgIpc) is 2.76. The molecule has 3 aromatic rings. The molecule has 2 N–H and O–H groups in total. The number of nitrogens with one attached hydrogen (secondary N) is 2. The third kappa shape index (κ3) is 6.05. The molecule has 0 radical (unpaired) electrons. The Morgan fingerprint density at radius 1 is 1.22 bits per heavy atom. The van der Waals surface area contributed by atoms with Crippen LogP contribution in [-0.4, -0.2) is 55.2 Å². The quantitative estimate of drug-likeness (QED) is 0.366. The van der Waals surface area contributed by atoms with Crippen LogP contribution in [0.5, 0.6) is 5.75 Å². The molecule has 3 rings (SSSR count). The molecule has 1 heterocycles. The van der Waals surface area contributed by atoms with E-state index in [1.54, 1.807) is 36.4 Å². The maximum Gasteiger partial charge on any atom is 0.249 e. The number of fused-ring (bicyclic) bond motifs is 1. The van der Waals surface area contributed by atoms with E-state index >= 15 is 0 Å². The summed E-state index contributed by atoms with van der Waals surface area (Å²) in [6, 6.07) is 7.69. The van der Waals surface area contributed by atoms with Gasteiger partial charge in [0.1, 0.15) is 30.3 Å². The van der Waals surface area contributed by atoms with Crippen LogP contribution in [0, 0.1) is 5.82 Å². The first kappa shape index (κ1) is 23.2. The topological polar surface area (TPSA) is 88.6 Å². The average molecular weight is 460 g/mol. The van der Waals surface area contributed by atoms with Crippen LogP contribution >= 0.6 is 11.6 Å². The monoisotopic (exact) mass is 459 g/mol. The molecule has 0 spiro atoms. The van der Waals surface area contributed by atoms with Crippen molar-refractivity contribution < 1.29 is 18.7 Å². The van der Waals surface area contributed by atoms with Crippen LogP contribution in [-0.2, 0) is 9.53 Å². The van der Waals surface area contributed by atoms with Crippen molar-refractivity contribution in [1.29, 1.82) is 0 Å². The number of anilines is 3. The zero-order valence-corrected chi connectivity index (χ0v) is 18.6. The maximum atomic E-state index is 13.5. The Kier molecular flexibility index (Phi) is 7.80. The van der Waals surface area contributed by atoms with Gasteiger partial charge in [0.15, 0.2) is 0 Å². The lowest BCUT2D eigenvalue weighted by molar-refractivity contribution is -0.112. The van der Waals surface area contributed by atoms with Crippen molar-refractivity contribution in [2.24, 2.45) is 0 Å². The predicted octanol–water partition coefficient (Wildman–Crippen LogP) is 4.20. The van der Waals surface area contributed by atoms with Gasteiger partial charge < -0.3 is 25.0 Å². The fourth-order valence-electron chi connectivity index (χ4n) is 2.74. The van der Waals surface area contributed by atoms with Gasteiger partial charge in [-0.15, -0.1) is 0 Å². The predicted molar refractivity (Wildman–Crippen MR) is 123 cm³/mol. The summed E-state index contributed by atoms with van der Waals surface area (Å²) >= 11 is 5.88. The van der Waals surface area contributed by atoms with Crippen LogP contribution < -0.4 is 15.4 Å². The fourth-order valence-corrected chi connectivity index (χ4v) is 2.92. The van der Waals surface area contributed by atoms with Gasteiger partial charge in [0.05, 0.1) is 22.8 Å². The molecule has 1 amide bonds. The van der Waals surface area contributed by atoms with Crippen molar-refractivity contribution in [2.75, 3.05) is 45.1 Å². The molecule has 0 aliphatic carbocycles. The number of carbonyl (C=O) groups is 1. The number of hydrogen-bond acceptors (Lipinski definition) is 7. The normalized spacial score (nSPS) is 11.0. The van der Waals surface area contributed by atoms with Crippen LogP contribution in [0.3, 0.4) is 0 Å². The van der Waals surface area contributed by atoms with Gasteiger partial charge in [-0.3, -0.25) is 4.79 Å². The Morgan fingerprint density at radius 2 is 2.03 bits per heavy atom. The van der Waals surface area contributed by atoms with Gasteiger partial charge in [-0.25, -0.2) is 14.4 Å². The second kappa shape index (κ2) is 10.7. The minimum absolute atomic E-state index is 0.0113. The third-order valence-electron chi connectivity index (χ3n) is 4.25. The summed E-state index contributed by atoms with van der Waals surface area (Å²) in [7, 11) is 5.21. The highest BCUT2D eigenvalue weighted by Crippen LogP contribution is 2.34. The highest BCUT2D eigenvalue weighted by Gasteiger charge is 2.13. The van der Waals surface area contributed by atoms with Gasteiger partial charge in [-0.1, -0.05) is 11.6 Å². The van der Waals surface area contributed by atoms with E-state index in [4.69, 9.17) is 21.1 Å². The molecule has 1 aromatic heterocycles. The SMILES string of the molecule is COCCOc1cc2ncnc(Nc3ccc(F)c(Cl)c3)c2cc1NC(=O)/C=C/N(C)C. The van der Waals surface area contributed by atoms with Crippen molar-refractivity contribution in [1.82, 2.24) is 14.9 Å². The van der Waals surface area contributed by atoms with Crippen molar-refractivity contribution in [3.05, 3.63) is 59.8 Å². The molecule has 10 heteroatoms. The second-order valence-electron chi connectivity index (χ2n) is 6.95. The Morgan fingerprint density at radius 3 is 2.75 bits per heavy atom. The number of halogens is 2. The molecule has 8 nitrogen and oxygen atoms in total.